The maximum atomic E-state index is 12.7. The summed E-state index contributed by atoms with van der Waals surface area (Å²) in [6, 6.07) is 0.160. The van der Waals surface area contributed by atoms with Crippen molar-refractivity contribution in [1.82, 2.24) is 10.3 Å². The molecule has 1 aromatic rings. The van der Waals surface area contributed by atoms with Gasteiger partial charge in [0.15, 0.2) is 5.69 Å². The van der Waals surface area contributed by atoms with Gasteiger partial charge in [-0.15, -0.1) is 11.3 Å². The Balaban J connectivity index is 2.91. The predicted molar refractivity (Wildman–Crippen MR) is 63.1 cm³/mol. The maximum Gasteiger partial charge on any atom is 0.434 e. The maximum absolute atomic E-state index is 12.7. The first kappa shape index (κ1) is 14.4. The van der Waals surface area contributed by atoms with Crippen molar-refractivity contribution < 1.29 is 13.2 Å². The minimum absolute atomic E-state index is 0.160. The molecule has 0 aliphatic carbocycles. The van der Waals surface area contributed by atoms with Gasteiger partial charge in [-0.25, -0.2) is 4.98 Å². The van der Waals surface area contributed by atoms with Crippen LogP contribution < -0.4 is 5.32 Å². The third-order valence-electron chi connectivity index (χ3n) is 2.14. The minimum atomic E-state index is -4.35. The number of nitrogens with one attached hydrogen (secondary N) is 1. The van der Waals surface area contributed by atoms with Gasteiger partial charge in [0.1, 0.15) is 0 Å². The molecule has 1 heterocycles. The van der Waals surface area contributed by atoms with Gasteiger partial charge >= 0.3 is 6.18 Å². The average molecular weight is 266 g/mol. The predicted octanol–water partition coefficient (Wildman–Crippen LogP) is 3.61. The number of alkyl halides is 3. The lowest BCUT2D eigenvalue weighted by Gasteiger charge is -2.09. The Bertz CT molecular complexity index is 358. The van der Waals surface area contributed by atoms with Crippen molar-refractivity contribution in [2.24, 2.45) is 0 Å². The van der Waals surface area contributed by atoms with Gasteiger partial charge in [0.05, 0.1) is 9.88 Å². The number of aromatic nitrogens is 1. The first-order valence-electron chi connectivity index (χ1n) is 5.63. The first-order chi connectivity index (χ1) is 7.84. The molecule has 0 radical (unpaired) electrons. The SMILES string of the molecule is CCCc1nc(C(F)(F)F)c(CNC(C)C)s1. The van der Waals surface area contributed by atoms with E-state index in [9.17, 15) is 13.2 Å². The van der Waals surface area contributed by atoms with E-state index in [1.807, 2.05) is 20.8 Å². The molecule has 0 saturated heterocycles. The highest BCUT2D eigenvalue weighted by Crippen LogP contribution is 2.34. The molecule has 2 nitrogen and oxygen atoms in total. The Morgan fingerprint density at radius 2 is 2.00 bits per heavy atom. The molecule has 98 valence electrons. The van der Waals surface area contributed by atoms with Crippen LogP contribution in [-0.2, 0) is 19.1 Å². The van der Waals surface area contributed by atoms with Gasteiger partial charge in [-0.3, -0.25) is 0 Å². The van der Waals surface area contributed by atoms with Gasteiger partial charge in [-0.05, 0) is 12.8 Å². The summed E-state index contributed by atoms with van der Waals surface area (Å²) in [5.74, 6) is 0. The van der Waals surface area contributed by atoms with Crippen LogP contribution in [0.2, 0.25) is 0 Å². The lowest BCUT2D eigenvalue weighted by atomic mass is 10.3. The van der Waals surface area contributed by atoms with Crippen LogP contribution in [0.1, 0.15) is 42.8 Å². The number of aryl methyl sites for hydroxylation is 1. The molecule has 0 aliphatic heterocycles. The fraction of sp³-hybridized carbons (Fsp3) is 0.727. The van der Waals surface area contributed by atoms with Crippen LogP contribution in [0.25, 0.3) is 0 Å². The number of thiazole rings is 1. The topological polar surface area (TPSA) is 24.9 Å². The van der Waals surface area contributed by atoms with Crippen LogP contribution in [0.3, 0.4) is 0 Å². The van der Waals surface area contributed by atoms with Crippen LogP contribution in [-0.4, -0.2) is 11.0 Å². The minimum Gasteiger partial charge on any atom is -0.310 e. The van der Waals surface area contributed by atoms with Crippen LogP contribution in [0.15, 0.2) is 0 Å². The third kappa shape index (κ3) is 4.27. The molecular weight excluding hydrogens is 249 g/mol. The van der Waals surface area contributed by atoms with Gasteiger partial charge in [0.2, 0.25) is 0 Å². The monoisotopic (exact) mass is 266 g/mol. The molecule has 1 aromatic heterocycles. The van der Waals surface area contributed by atoms with Crippen LogP contribution >= 0.6 is 11.3 Å². The molecule has 1 rings (SSSR count). The van der Waals surface area contributed by atoms with E-state index in [1.165, 1.54) is 0 Å². The number of nitrogens with zero attached hydrogens (tertiary/aromatic N) is 1. The standard InChI is InChI=1S/C11H17F3N2S/c1-4-5-9-16-10(11(12,13)14)8(17-9)6-15-7(2)3/h7,15H,4-6H2,1-3H3. The molecule has 0 spiro atoms. The summed E-state index contributed by atoms with van der Waals surface area (Å²) in [7, 11) is 0. The Labute approximate surface area is 103 Å². The Kier molecular flexibility index (Phi) is 4.94. The molecule has 0 unspecified atom stereocenters. The molecule has 0 bridgehead atoms. The normalized spacial score (nSPS) is 12.4. The van der Waals surface area contributed by atoms with Crippen molar-refractivity contribution in [2.75, 3.05) is 0 Å². The zero-order valence-corrected chi connectivity index (χ0v) is 11.0. The number of halogens is 3. The first-order valence-corrected chi connectivity index (χ1v) is 6.45. The zero-order valence-electron chi connectivity index (χ0n) is 10.2. The summed E-state index contributed by atoms with van der Waals surface area (Å²) in [4.78, 5) is 3.99. The highest BCUT2D eigenvalue weighted by Gasteiger charge is 2.37. The van der Waals surface area contributed by atoms with Crippen LogP contribution in [0.4, 0.5) is 13.2 Å². The molecule has 6 heteroatoms. The summed E-state index contributed by atoms with van der Waals surface area (Å²) in [6.45, 7) is 5.97. The summed E-state index contributed by atoms with van der Waals surface area (Å²) >= 11 is 1.16. The summed E-state index contributed by atoms with van der Waals surface area (Å²) in [5, 5.41) is 3.57. The van der Waals surface area contributed by atoms with Crippen LogP contribution in [0, 0.1) is 0 Å². The second-order valence-electron chi connectivity index (χ2n) is 4.16. The van der Waals surface area contributed by atoms with Crippen molar-refractivity contribution in [3.05, 3.63) is 15.6 Å². The summed E-state index contributed by atoms with van der Waals surface area (Å²) in [6.07, 6.45) is -2.94. The lowest BCUT2D eigenvalue weighted by Crippen LogP contribution is -2.23. The quantitative estimate of drug-likeness (QED) is 0.880. The lowest BCUT2D eigenvalue weighted by molar-refractivity contribution is -0.141. The van der Waals surface area contributed by atoms with E-state index < -0.39 is 11.9 Å². The molecule has 0 fully saturated rings. The highest BCUT2D eigenvalue weighted by molar-refractivity contribution is 7.11. The molecule has 1 N–H and O–H groups in total. The molecule has 0 atom stereocenters. The zero-order chi connectivity index (χ0) is 13.1. The van der Waals surface area contributed by atoms with Crippen molar-refractivity contribution in [1.29, 1.82) is 0 Å². The average Bonchev–Trinajstić information content (AvgIpc) is 2.58. The fourth-order valence-electron chi connectivity index (χ4n) is 1.36. The molecule has 0 aliphatic rings. The number of rotatable bonds is 5. The van der Waals surface area contributed by atoms with Crippen molar-refractivity contribution in [3.63, 3.8) is 0 Å². The highest BCUT2D eigenvalue weighted by atomic mass is 32.1. The van der Waals surface area contributed by atoms with E-state index >= 15 is 0 Å². The second-order valence-corrected chi connectivity index (χ2v) is 5.33. The molecule has 0 amide bonds. The fourth-order valence-corrected chi connectivity index (χ4v) is 2.50. The van der Waals surface area contributed by atoms with E-state index in [1.54, 1.807) is 0 Å². The van der Waals surface area contributed by atoms with E-state index in [0.717, 1.165) is 17.8 Å². The molecular formula is C11H17F3N2S. The van der Waals surface area contributed by atoms with Gasteiger partial charge in [-0.2, -0.15) is 13.2 Å². The summed E-state index contributed by atoms with van der Waals surface area (Å²) < 4.78 is 38.2. The van der Waals surface area contributed by atoms with E-state index in [2.05, 4.69) is 10.3 Å². The Morgan fingerprint density at radius 1 is 1.35 bits per heavy atom. The van der Waals surface area contributed by atoms with Gasteiger partial charge in [-0.1, -0.05) is 20.8 Å². The van der Waals surface area contributed by atoms with Crippen LogP contribution in [0.5, 0.6) is 0 Å². The Hall–Kier alpha value is -0.620. The summed E-state index contributed by atoms with van der Waals surface area (Å²) in [5.41, 5.74) is -0.723. The largest absolute Gasteiger partial charge is 0.434 e. The van der Waals surface area contributed by atoms with Crippen molar-refractivity contribution in [2.45, 2.75) is 52.4 Å². The van der Waals surface area contributed by atoms with Crippen molar-refractivity contribution in [3.8, 4) is 0 Å². The number of hydrogen-bond acceptors (Lipinski definition) is 3. The molecule has 0 aromatic carbocycles. The van der Waals surface area contributed by atoms with Gasteiger partial charge in [0, 0.05) is 12.6 Å². The van der Waals surface area contributed by atoms with E-state index in [4.69, 9.17) is 0 Å². The Morgan fingerprint density at radius 3 is 2.47 bits per heavy atom. The van der Waals surface area contributed by atoms with E-state index in [-0.39, 0.29) is 17.5 Å². The molecule has 0 saturated carbocycles. The van der Waals surface area contributed by atoms with Crippen molar-refractivity contribution >= 4 is 11.3 Å². The molecule has 17 heavy (non-hydrogen) atoms. The van der Waals surface area contributed by atoms with E-state index in [0.29, 0.717) is 11.4 Å². The van der Waals surface area contributed by atoms with Gasteiger partial charge in [0.25, 0.3) is 0 Å². The number of hydrogen-bond donors (Lipinski definition) is 1. The third-order valence-corrected chi connectivity index (χ3v) is 3.26. The second kappa shape index (κ2) is 5.82. The smallest absolute Gasteiger partial charge is 0.310 e. The van der Waals surface area contributed by atoms with Gasteiger partial charge < -0.3 is 5.32 Å².